The van der Waals surface area contributed by atoms with Gasteiger partial charge in [0.25, 0.3) is 5.91 Å². The van der Waals surface area contributed by atoms with Crippen molar-refractivity contribution < 1.29 is 4.79 Å². The van der Waals surface area contributed by atoms with E-state index in [4.69, 9.17) is 0 Å². The number of aromatic nitrogens is 4. The van der Waals surface area contributed by atoms with Crippen LogP contribution in [-0.4, -0.2) is 25.9 Å². The normalized spacial score (nSPS) is 19.5. The topological polar surface area (TPSA) is 75.6 Å². The van der Waals surface area contributed by atoms with Gasteiger partial charge >= 0.3 is 0 Å². The van der Waals surface area contributed by atoms with Crippen LogP contribution < -0.4 is 5.32 Å². The molecule has 1 unspecified atom stereocenters. The van der Waals surface area contributed by atoms with Gasteiger partial charge in [0.1, 0.15) is 0 Å². The summed E-state index contributed by atoms with van der Waals surface area (Å²) >= 11 is 0. The summed E-state index contributed by atoms with van der Waals surface area (Å²) in [5.41, 5.74) is 2.36. The lowest BCUT2D eigenvalue weighted by molar-refractivity contribution is 0.102. The fourth-order valence-electron chi connectivity index (χ4n) is 2.78. The van der Waals surface area contributed by atoms with E-state index >= 15 is 0 Å². The van der Waals surface area contributed by atoms with Crippen molar-refractivity contribution in [2.45, 2.75) is 44.6 Å². The quantitative estimate of drug-likeness (QED) is 0.886. The van der Waals surface area contributed by atoms with Gasteiger partial charge in [0, 0.05) is 12.1 Å². The molecule has 0 bridgehead atoms. The average Bonchev–Trinajstić information content (AvgIpc) is 3.41. The molecule has 6 nitrogen and oxygen atoms in total. The molecule has 2 fully saturated rings. The second-order valence-corrected chi connectivity index (χ2v) is 6.21. The third-order valence-corrected chi connectivity index (χ3v) is 4.48. The predicted molar refractivity (Wildman–Crippen MR) is 78.2 cm³/mol. The minimum atomic E-state index is -0.107. The second-order valence-electron chi connectivity index (χ2n) is 6.21. The zero-order valence-corrected chi connectivity index (χ0v) is 12.0. The first kappa shape index (κ1) is 12.6. The van der Waals surface area contributed by atoms with Crippen LogP contribution in [0, 0.1) is 5.92 Å². The van der Waals surface area contributed by atoms with E-state index < -0.39 is 0 Å². The predicted octanol–water partition coefficient (Wildman–Crippen LogP) is 2.71. The number of nitrogens with one attached hydrogen (secondary N) is 2. The molecule has 2 aliphatic rings. The molecule has 2 heterocycles. The molecule has 0 aromatic carbocycles. The van der Waals surface area contributed by atoms with E-state index in [1.165, 1.54) is 12.8 Å². The van der Waals surface area contributed by atoms with Gasteiger partial charge in [-0.1, -0.05) is 0 Å². The van der Waals surface area contributed by atoms with Crippen molar-refractivity contribution in [2.75, 3.05) is 5.32 Å². The Labute approximate surface area is 122 Å². The third-order valence-electron chi connectivity index (χ3n) is 4.48. The number of H-pyrrole nitrogens is 1. The molecular weight excluding hydrogens is 266 g/mol. The standard InChI is InChI=1S/C15H19N5O/c1-9(10-2-3-10)20-8-12(6-17-20)18-15(21)13-7-16-19-14(13)11-4-5-11/h6-11H,2-5H2,1H3,(H,16,19)(H,18,21). The van der Waals surface area contributed by atoms with E-state index in [0.717, 1.165) is 30.1 Å². The summed E-state index contributed by atoms with van der Waals surface area (Å²) < 4.78 is 1.95. The molecule has 110 valence electrons. The Morgan fingerprint density at radius 3 is 2.90 bits per heavy atom. The lowest BCUT2D eigenvalue weighted by Gasteiger charge is -2.09. The smallest absolute Gasteiger partial charge is 0.259 e. The van der Waals surface area contributed by atoms with Crippen molar-refractivity contribution in [3.05, 3.63) is 29.8 Å². The largest absolute Gasteiger partial charge is 0.319 e. The fourth-order valence-corrected chi connectivity index (χ4v) is 2.78. The zero-order chi connectivity index (χ0) is 14.4. The van der Waals surface area contributed by atoms with Gasteiger partial charge in [-0.3, -0.25) is 14.6 Å². The van der Waals surface area contributed by atoms with Gasteiger partial charge in [-0.25, -0.2) is 0 Å². The fraction of sp³-hybridized carbons (Fsp3) is 0.533. The summed E-state index contributed by atoms with van der Waals surface area (Å²) in [5, 5.41) is 14.2. The first-order valence-electron chi connectivity index (χ1n) is 7.61. The van der Waals surface area contributed by atoms with Crippen LogP contribution in [0.1, 0.15) is 60.6 Å². The van der Waals surface area contributed by atoms with Crippen LogP contribution >= 0.6 is 0 Å². The highest BCUT2D eigenvalue weighted by Gasteiger charge is 2.31. The second kappa shape index (κ2) is 4.72. The number of amides is 1. The van der Waals surface area contributed by atoms with Crippen LogP contribution in [0.4, 0.5) is 5.69 Å². The minimum Gasteiger partial charge on any atom is -0.319 e. The van der Waals surface area contributed by atoms with Crippen molar-refractivity contribution in [2.24, 2.45) is 5.92 Å². The van der Waals surface area contributed by atoms with Gasteiger partial charge in [0.2, 0.25) is 0 Å². The molecule has 2 aromatic heterocycles. The van der Waals surface area contributed by atoms with Crippen molar-refractivity contribution in [1.29, 1.82) is 0 Å². The number of anilines is 1. The molecule has 0 spiro atoms. The molecule has 2 aliphatic carbocycles. The summed E-state index contributed by atoms with van der Waals surface area (Å²) in [6.45, 7) is 2.18. The van der Waals surface area contributed by atoms with E-state index in [2.05, 4.69) is 27.5 Å². The van der Waals surface area contributed by atoms with E-state index in [1.54, 1.807) is 12.4 Å². The summed E-state index contributed by atoms with van der Waals surface area (Å²) in [6.07, 6.45) is 10.1. The van der Waals surface area contributed by atoms with Gasteiger partial charge in [-0.05, 0) is 38.5 Å². The molecule has 4 rings (SSSR count). The zero-order valence-electron chi connectivity index (χ0n) is 12.0. The Kier molecular flexibility index (Phi) is 2.83. The van der Waals surface area contributed by atoms with E-state index in [1.807, 2.05) is 10.9 Å². The van der Waals surface area contributed by atoms with Crippen LogP contribution in [0.5, 0.6) is 0 Å². The van der Waals surface area contributed by atoms with Crippen LogP contribution in [-0.2, 0) is 0 Å². The summed E-state index contributed by atoms with van der Waals surface area (Å²) in [6, 6.07) is 0.409. The van der Waals surface area contributed by atoms with Gasteiger partial charge in [-0.15, -0.1) is 0 Å². The van der Waals surface area contributed by atoms with Crippen molar-refractivity contribution in [3.8, 4) is 0 Å². The first-order valence-corrected chi connectivity index (χ1v) is 7.61. The molecule has 2 N–H and O–H groups in total. The molecule has 6 heteroatoms. The number of carbonyl (C=O) groups excluding carboxylic acids is 1. The summed E-state index contributed by atoms with van der Waals surface area (Å²) in [4.78, 5) is 12.3. The monoisotopic (exact) mass is 285 g/mol. The number of aromatic amines is 1. The molecule has 0 radical (unpaired) electrons. The van der Waals surface area contributed by atoms with Crippen LogP contribution in [0.2, 0.25) is 0 Å². The molecule has 1 atom stereocenters. The third kappa shape index (κ3) is 2.46. The number of rotatable bonds is 5. The van der Waals surface area contributed by atoms with Crippen molar-refractivity contribution in [3.63, 3.8) is 0 Å². The van der Waals surface area contributed by atoms with E-state index in [-0.39, 0.29) is 5.91 Å². The average molecular weight is 285 g/mol. The Hall–Kier alpha value is -2.11. The van der Waals surface area contributed by atoms with Gasteiger partial charge in [0.05, 0.1) is 35.4 Å². The Morgan fingerprint density at radius 2 is 2.19 bits per heavy atom. The van der Waals surface area contributed by atoms with Crippen LogP contribution in [0.25, 0.3) is 0 Å². The van der Waals surface area contributed by atoms with E-state index in [9.17, 15) is 4.79 Å². The maximum Gasteiger partial charge on any atom is 0.259 e. The molecule has 1 amide bonds. The summed E-state index contributed by atoms with van der Waals surface area (Å²) in [5.74, 6) is 1.11. The highest BCUT2D eigenvalue weighted by Crippen LogP contribution is 2.41. The first-order chi connectivity index (χ1) is 10.2. The Morgan fingerprint density at radius 1 is 1.38 bits per heavy atom. The molecule has 21 heavy (non-hydrogen) atoms. The maximum absolute atomic E-state index is 12.3. The molecule has 0 saturated heterocycles. The molecule has 2 saturated carbocycles. The Bertz CT molecular complexity index is 665. The number of carbonyl (C=O) groups is 1. The molecule has 0 aliphatic heterocycles. The maximum atomic E-state index is 12.3. The SMILES string of the molecule is CC(C1CC1)n1cc(NC(=O)c2cn[nH]c2C2CC2)cn1. The minimum absolute atomic E-state index is 0.107. The van der Waals surface area contributed by atoms with Gasteiger partial charge < -0.3 is 5.32 Å². The lowest BCUT2D eigenvalue weighted by atomic mass is 10.1. The van der Waals surface area contributed by atoms with Crippen molar-refractivity contribution in [1.82, 2.24) is 20.0 Å². The van der Waals surface area contributed by atoms with Crippen molar-refractivity contribution >= 4 is 11.6 Å². The van der Waals surface area contributed by atoms with Crippen LogP contribution in [0.15, 0.2) is 18.6 Å². The van der Waals surface area contributed by atoms with Gasteiger partial charge in [-0.2, -0.15) is 10.2 Å². The highest BCUT2D eigenvalue weighted by atomic mass is 16.1. The highest BCUT2D eigenvalue weighted by molar-refractivity contribution is 6.04. The van der Waals surface area contributed by atoms with Crippen LogP contribution in [0.3, 0.4) is 0 Å². The number of hydrogen-bond acceptors (Lipinski definition) is 3. The van der Waals surface area contributed by atoms with Gasteiger partial charge in [0.15, 0.2) is 0 Å². The Balaban J connectivity index is 1.47. The molecular formula is C15H19N5O. The lowest BCUT2D eigenvalue weighted by Crippen LogP contribution is -2.13. The molecule has 2 aromatic rings. The summed E-state index contributed by atoms with van der Waals surface area (Å²) in [7, 11) is 0. The number of nitrogens with zero attached hydrogens (tertiary/aromatic N) is 3. The van der Waals surface area contributed by atoms with E-state index in [0.29, 0.717) is 17.5 Å². The number of hydrogen-bond donors (Lipinski definition) is 2.